The maximum absolute atomic E-state index is 12.9. The molecule has 0 aromatic heterocycles. The van der Waals surface area contributed by atoms with Gasteiger partial charge in [0.2, 0.25) is 0 Å². The maximum Gasteiger partial charge on any atom is 0.270 e. The molecule has 0 saturated heterocycles. The second-order valence-corrected chi connectivity index (χ2v) is 8.96. The lowest BCUT2D eigenvalue weighted by molar-refractivity contribution is -0.385. The number of amides is 4. The highest BCUT2D eigenvalue weighted by atomic mass is 16.6. The predicted octanol–water partition coefficient (Wildman–Crippen LogP) is 4.77. The first-order valence-electron chi connectivity index (χ1n) is 11.7. The fourth-order valence-corrected chi connectivity index (χ4v) is 4.76. The number of fused-ring (bicyclic) bond motifs is 2. The minimum absolute atomic E-state index is 0.0402. The third kappa shape index (κ3) is 3.62. The molecule has 2 aliphatic rings. The fourth-order valence-electron chi connectivity index (χ4n) is 4.76. The lowest BCUT2D eigenvalue weighted by atomic mass is 10.0. The van der Waals surface area contributed by atoms with Gasteiger partial charge in [0.05, 0.1) is 43.5 Å². The number of carbonyl (C=O) groups is 4. The van der Waals surface area contributed by atoms with E-state index in [-0.39, 0.29) is 45.0 Å². The van der Waals surface area contributed by atoms with E-state index in [1.807, 2.05) is 0 Å². The molecule has 0 spiro atoms. The molecule has 0 bridgehead atoms. The Morgan fingerprint density at radius 2 is 0.775 bits per heavy atom. The van der Waals surface area contributed by atoms with Crippen molar-refractivity contribution in [2.24, 2.45) is 0 Å². The highest BCUT2D eigenvalue weighted by Gasteiger charge is 2.39. The van der Waals surface area contributed by atoms with Gasteiger partial charge in [0.25, 0.3) is 35.0 Å². The molecule has 12 heteroatoms. The van der Waals surface area contributed by atoms with Crippen LogP contribution in [0.5, 0.6) is 0 Å². The SMILES string of the molecule is O=C1c2ccc([N+](=O)[O-])cc2C(=O)N1c1ccc(-c2ccc(N3C(=O)c4ccc([N+](=O)[O-])cc4C3=O)cc2)cc1. The van der Waals surface area contributed by atoms with Crippen LogP contribution in [0.1, 0.15) is 41.4 Å². The molecule has 4 aromatic carbocycles. The summed E-state index contributed by atoms with van der Waals surface area (Å²) in [6.07, 6.45) is 0. The smallest absolute Gasteiger partial charge is 0.268 e. The third-order valence-corrected chi connectivity index (χ3v) is 6.75. The number of hydrogen-bond acceptors (Lipinski definition) is 8. The number of nitrogens with zero attached hydrogens (tertiary/aromatic N) is 4. The summed E-state index contributed by atoms with van der Waals surface area (Å²) in [4.78, 5) is 74.2. The van der Waals surface area contributed by atoms with Crippen LogP contribution < -0.4 is 9.80 Å². The van der Waals surface area contributed by atoms with Gasteiger partial charge in [0.1, 0.15) is 0 Å². The number of hydrogen-bond donors (Lipinski definition) is 0. The summed E-state index contributed by atoms with van der Waals surface area (Å²) in [6.45, 7) is 0. The van der Waals surface area contributed by atoms with Crippen LogP contribution in [-0.2, 0) is 0 Å². The highest BCUT2D eigenvalue weighted by Crippen LogP contribution is 2.34. The topological polar surface area (TPSA) is 161 Å². The molecular weight excluding hydrogens is 520 g/mol. The second-order valence-electron chi connectivity index (χ2n) is 8.96. The molecule has 40 heavy (non-hydrogen) atoms. The third-order valence-electron chi connectivity index (χ3n) is 6.75. The van der Waals surface area contributed by atoms with Gasteiger partial charge in [0.15, 0.2) is 0 Å². The first-order valence-corrected chi connectivity index (χ1v) is 11.7. The van der Waals surface area contributed by atoms with E-state index in [0.29, 0.717) is 11.1 Å². The van der Waals surface area contributed by atoms with Gasteiger partial charge >= 0.3 is 0 Å². The number of anilines is 2. The van der Waals surface area contributed by atoms with Crippen LogP contribution in [-0.4, -0.2) is 33.5 Å². The largest absolute Gasteiger partial charge is 0.270 e. The van der Waals surface area contributed by atoms with Crippen LogP contribution in [0, 0.1) is 20.2 Å². The van der Waals surface area contributed by atoms with E-state index < -0.39 is 33.5 Å². The van der Waals surface area contributed by atoms with E-state index in [9.17, 15) is 39.4 Å². The van der Waals surface area contributed by atoms with E-state index in [0.717, 1.165) is 21.9 Å². The zero-order valence-electron chi connectivity index (χ0n) is 20.1. The average Bonchev–Trinajstić information content (AvgIpc) is 3.36. The van der Waals surface area contributed by atoms with E-state index in [1.165, 1.54) is 24.3 Å². The molecule has 4 amide bonds. The standard InChI is InChI=1S/C28H14N4O8/c33-25-21-11-9-19(31(37)38)13-23(21)27(35)29(25)17-5-1-15(2-6-17)16-3-7-18(8-4-16)30-26(34)22-12-10-20(32(39)40)14-24(22)28(30)36/h1-14H. The molecule has 0 radical (unpaired) electrons. The number of non-ortho nitro benzene ring substituents is 2. The van der Waals surface area contributed by atoms with Gasteiger partial charge in [-0.2, -0.15) is 0 Å². The van der Waals surface area contributed by atoms with Crippen LogP contribution in [0.25, 0.3) is 11.1 Å². The van der Waals surface area contributed by atoms with Gasteiger partial charge in [-0.25, -0.2) is 9.80 Å². The fraction of sp³-hybridized carbons (Fsp3) is 0. The Morgan fingerprint density at radius 1 is 0.450 bits per heavy atom. The van der Waals surface area contributed by atoms with Crippen LogP contribution in [0.2, 0.25) is 0 Å². The minimum Gasteiger partial charge on any atom is -0.268 e. The van der Waals surface area contributed by atoms with Gasteiger partial charge in [0, 0.05) is 24.3 Å². The van der Waals surface area contributed by atoms with Crippen molar-refractivity contribution < 1.29 is 29.0 Å². The van der Waals surface area contributed by atoms with Gasteiger partial charge in [-0.05, 0) is 47.5 Å². The molecule has 0 aliphatic carbocycles. The van der Waals surface area contributed by atoms with E-state index in [1.54, 1.807) is 48.5 Å². The Labute approximate surface area is 224 Å². The second kappa shape index (κ2) is 8.77. The number of nitro benzene ring substituents is 2. The Balaban J connectivity index is 1.23. The number of carbonyl (C=O) groups excluding carboxylic acids is 4. The van der Waals surface area contributed by atoms with Crippen molar-refractivity contribution in [1.82, 2.24) is 0 Å². The molecule has 12 nitrogen and oxygen atoms in total. The highest BCUT2D eigenvalue weighted by molar-refractivity contribution is 6.35. The lowest BCUT2D eigenvalue weighted by Crippen LogP contribution is -2.29. The van der Waals surface area contributed by atoms with Gasteiger partial charge < -0.3 is 0 Å². The number of nitro groups is 2. The molecule has 0 atom stereocenters. The molecule has 0 saturated carbocycles. The van der Waals surface area contributed by atoms with E-state index >= 15 is 0 Å². The molecule has 0 N–H and O–H groups in total. The summed E-state index contributed by atoms with van der Waals surface area (Å²) < 4.78 is 0. The zero-order chi connectivity index (χ0) is 28.3. The molecular formula is C28H14N4O8. The van der Waals surface area contributed by atoms with Gasteiger partial charge in [-0.1, -0.05) is 24.3 Å². The van der Waals surface area contributed by atoms with Crippen LogP contribution >= 0.6 is 0 Å². The predicted molar refractivity (Wildman–Crippen MR) is 140 cm³/mol. The molecule has 4 aromatic rings. The van der Waals surface area contributed by atoms with Crippen molar-refractivity contribution in [3.8, 4) is 11.1 Å². The van der Waals surface area contributed by atoms with Crippen molar-refractivity contribution in [2.75, 3.05) is 9.80 Å². The Morgan fingerprint density at radius 3 is 1.10 bits per heavy atom. The van der Waals surface area contributed by atoms with Crippen LogP contribution in [0.15, 0.2) is 84.9 Å². The number of imide groups is 2. The maximum atomic E-state index is 12.9. The summed E-state index contributed by atoms with van der Waals surface area (Å²) >= 11 is 0. The number of rotatable bonds is 5. The normalized spacial score (nSPS) is 14.0. The zero-order valence-corrected chi connectivity index (χ0v) is 20.1. The Bertz CT molecular complexity index is 1700. The summed E-state index contributed by atoms with van der Waals surface area (Å²) in [5.74, 6) is -2.49. The Kier molecular flexibility index (Phi) is 5.33. The minimum atomic E-state index is -0.660. The first-order chi connectivity index (χ1) is 19.2. The monoisotopic (exact) mass is 534 g/mol. The van der Waals surface area contributed by atoms with Crippen molar-refractivity contribution in [3.05, 3.63) is 127 Å². The molecule has 2 aliphatic heterocycles. The lowest BCUT2D eigenvalue weighted by Gasteiger charge is -2.16. The molecule has 0 fully saturated rings. The Hall–Kier alpha value is -6.04. The van der Waals surface area contributed by atoms with Crippen molar-refractivity contribution in [1.29, 1.82) is 0 Å². The van der Waals surface area contributed by atoms with E-state index in [2.05, 4.69) is 0 Å². The summed E-state index contributed by atoms with van der Waals surface area (Å²) in [5, 5.41) is 22.1. The quantitative estimate of drug-likeness (QED) is 0.201. The van der Waals surface area contributed by atoms with Crippen LogP contribution in [0.4, 0.5) is 22.7 Å². The van der Waals surface area contributed by atoms with E-state index in [4.69, 9.17) is 0 Å². The van der Waals surface area contributed by atoms with Crippen molar-refractivity contribution in [3.63, 3.8) is 0 Å². The number of benzene rings is 4. The average molecular weight is 534 g/mol. The van der Waals surface area contributed by atoms with Gasteiger partial charge in [-0.3, -0.25) is 39.4 Å². The summed E-state index contributed by atoms with van der Waals surface area (Å²) in [6, 6.07) is 20.0. The summed E-state index contributed by atoms with van der Waals surface area (Å²) in [7, 11) is 0. The molecule has 6 rings (SSSR count). The van der Waals surface area contributed by atoms with Gasteiger partial charge in [-0.15, -0.1) is 0 Å². The summed E-state index contributed by atoms with van der Waals surface area (Å²) in [5.41, 5.74) is 1.50. The van der Waals surface area contributed by atoms with Crippen molar-refractivity contribution >= 4 is 46.4 Å². The van der Waals surface area contributed by atoms with Crippen molar-refractivity contribution in [2.45, 2.75) is 0 Å². The molecule has 2 heterocycles. The molecule has 0 unspecified atom stereocenters. The van der Waals surface area contributed by atoms with Crippen LogP contribution in [0.3, 0.4) is 0 Å². The molecule has 194 valence electrons. The first kappa shape index (κ1) is 24.3.